The van der Waals surface area contributed by atoms with E-state index in [1.807, 2.05) is 0 Å². The van der Waals surface area contributed by atoms with E-state index in [4.69, 9.17) is 0 Å². The highest BCUT2D eigenvalue weighted by Crippen LogP contribution is 2.23. The van der Waals surface area contributed by atoms with Crippen LogP contribution in [0.4, 0.5) is 0 Å². The first-order valence-electron chi connectivity index (χ1n) is 7.21. The number of rotatable bonds is 3. The molecule has 20 heavy (non-hydrogen) atoms. The van der Waals surface area contributed by atoms with Crippen LogP contribution in [-0.4, -0.2) is 28.2 Å². The lowest BCUT2D eigenvalue weighted by Crippen LogP contribution is -2.42. The van der Waals surface area contributed by atoms with E-state index in [9.17, 15) is 14.7 Å². The van der Waals surface area contributed by atoms with Gasteiger partial charge in [-0.1, -0.05) is 25.3 Å². The van der Waals surface area contributed by atoms with Crippen LogP contribution in [-0.2, 0) is 7.05 Å². The van der Waals surface area contributed by atoms with Gasteiger partial charge in [-0.05, 0) is 18.9 Å². The summed E-state index contributed by atoms with van der Waals surface area (Å²) in [4.78, 5) is 23.9. The van der Waals surface area contributed by atoms with Crippen molar-refractivity contribution in [2.45, 2.75) is 38.1 Å². The molecule has 0 aromatic carbocycles. The Morgan fingerprint density at radius 1 is 1.35 bits per heavy atom. The van der Waals surface area contributed by atoms with E-state index in [-0.39, 0.29) is 30.0 Å². The zero-order valence-corrected chi connectivity index (χ0v) is 11.8. The molecule has 0 radical (unpaired) electrons. The summed E-state index contributed by atoms with van der Waals surface area (Å²) in [6.45, 7) is 0.0959. The van der Waals surface area contributed by atoms with Crippen LogP contribution in [0.5, 0.6) is 0 Å². The highest BCUT2D eigenvalue weighted by atomic mass is 16.3. The molecule has 1 aromatic rings. The highest BCUT2D eigenvalue weighted by molar-refractivity contribution is 5.92. The minimum absolute atomic E-state index is 0.00897. The molecule has 0 spiro atoms. The molecule has 5 nitrogen and oxygen atoms in total. The molecule has 0 saturated heterocycles. The number of aliphatic hydroxyl groups is 1. The summed E-state index contributed by atoms with van der Waals surface area (Å²) in [5, 5.41) is 12.4. The fourth-order valence-electron chi connectivity index (χ4n) is 2.83. The smallest absolute Gasteiger partial charge is 0.268 e. The Labute approximate surface area is 118 Å². The van der Waals surface area contributed by atoms with E-state index in [1.165, 1.54) is 10.6 Å². The van der Waals surface area contributed by atoms with Crippen LogP contribution >= 0.6 is 0 Å². The molecule has 2 unspecified atom stereocenters. The molecular formula is C15H22N2O3. The van der Waals surface area contributed by atoms with E-state index in [1.54, 1.807) is 19.2 Å². The molecule has 110 valence electrons. The predicted molar refractivity (Wildman–Crippen MR) is 76.6 cm³/mol. The van der Waals surface area contributed by atoms with Gasteiger partial charge in [-0.2, -0.15) is 0 Å². The van der Waals surface area contributed by atoms with Gasteiger partial charge < -0.3 is 15.0 Å². The third-order valence-electron chi connectivity index (χ3n) is 4.13. The first-order valence-corrected chi connectivity index (χ1v) is 7.21. The molecule has 1 aliphatic rings. The second-order valence-electron chi connectivity index (χ2n) is 5.47. The van der Waals surface area contributed by atoms with Crippen molar-refractivity contribution in [3.05, 3.63) is 34.2 Å². The van der Waals surface area contributed by atoms with Crippen molar-refractivity contribution in [1.82, 2.24) is 9.88 Å². The van der Waals surface area contributed by atoms with Gasteiger partial charge >= 0.3 is 0 Å². The van der Waals surface area contributed by atoms with Gasteiger partial charge in [0.2, 0.25) is 0 Å². The van der Waals surface area contributed by atoms with E-state index < -0.39 is 0 Å². The molecule has 0 bridgehead atoms. The summed E-state index contributed by atoms with van der Waals surface area (Å²) in [5.74, 6) is -0.127. The lowest BCUT2D eigenvalue weighted by molar-refractivity contribution is 0.0890. The molecule has 2 N–H and O–H groups in total. The lowest BCUT2D eigenvalue weighted by Gasteiger charge is -2.24. The van der Waals surface area contributed by atoms with E-state index in [2.05, 4.69) is 5.32 Å². The number of hydrogen-bond acceptors (Lipinski definition) is 3. The number of nitrogens with one attached hydrogen (secondary N) is 1. The maximum Gasteiger partial charge on any atom is 0.268 e. The molecule has 2 rings (SSSR count). The van der Waals surface area contributed by atoms with Gasteiger partial charge in [0.05, 0.1) is 0 Å². The average Bonchev–Trinajstić information content (AvgIpc) is 2.66. The molecule has 2 atom stereocenters. The van der Waals surface area contributed by atoms with Gasteiger partial charge in [0, 0.05) is 31.7 Å². The number of hydrogen-bond donors (Lipinski definition) is 2. The van der Waals surface area contributed by atoms with Crippen molar-refractivity contribution in [2.24, 2.45) is 13.0 Å². The summed E-state index contributed by atoms with van der Waals surface area (Å²) < 4.78 is 1.35. The molecule has 1 fully saturated rings. The fraction of sp³-hybridized carbons (Fsp3) is 0.600. The largest absolute Gasteiger partial charge is 0.396 e. The Kier molecular flexibility index (Phi) is 4.95. The van der Waals surface area contributed by atoms with Gasteiger partial charge in [-0.3, -0.25) is 9.59 Å². The van der Waals surface area contributed by atoms with Crippen molar-refractivity contribution < 1.29 is 9.90 Å². The summed E-state index contributed by atoms with van der Waals surface area (Å²) in [5.41, 5.74) is 0.163. The molecular weight excluding hydrogens is 256 g/mol. The Morgan fingerprint density at radius 3 is 2.85 bits per heavy atom. The minimum Gasteiger partial charge on any atom is -0.396 e. The van der Waals surface area contributed by atoms with Crippen LogP contribution in [0, 0.1) is 5.92 Å². The number of carbonyl (C=O) groups is 1. The van der Waals surface area contributed by atoms with Gasteiger partial charge in [0.25, 0.3) is 11.5 Å². The van der Waals surface area contributed by atoms with Crippen LogP contribution in [0.2, 0.25) is 0 Å². The van der Waals surface area contributed by atoms with Gasteiger partial charge in [-0.15, -0.1) is 0 Å². The van der Waals surface area contributed by atoms with Gasteiger partial charge in [0.15, 0.2) is 0 Å². The molecule has 1 aromatic heterocycles. The predicted octanol–water partition coefficient (Wildman–Crippen LogP) is 1.06. The van der Waals surface area contributed by atoms with Crippen molar-refractivity contribution in [1.29, 1.82) is 0 Å². The minimum atomic E-state index is -0.240. The van der Waals surface area contributed by atoms with E-state index in [0.717, 1.165) is 32.1 Å². The maximum absolute atomic E-state index is 12.3. The van der Waals surface area contributed by atoms with E-state index in [0.29, 0.717) is 5.69 Å². The number of aliphatic hydroxyl groups excluding tert-OH is 1. The third kappa shape index (κ3) is 3.28. The Balaban J connectivity index is 2.13. The maximum atomic E-state index is 12.3. The monoisotopic (exact) mass is 278 g/mol. The second kappa shape index (κ2) is 6.70. The van der Waals surface area contributed by atoms with Crippen molar-refractivity contribution in [3.63, 3.8) is 0 Å². The number of amides is 1. The fourth-order valence-corrected chi connectivity index (χ4v) is 2.83. The third-order valence-corrected chi connectivity index (χ3v) is 4.13. The quantitative estimate of drug-likeness (QED) is 0.812. The average molecular weight is 278 g/mol. The number of nitrogens with zero attached hydrogens (tertiary/aromatic N) is 1. The van der Waals surface area contributed by atoms with Crippen LogP contribution in [0.3, 0.4) is 0 Å². The van der Waals surface area contributed by atoms with Crippen molar-refractivity contribution >= 4 is 5.91 Å². The lowest BCUT2D eigenvalue weighted by atomic mass is 9.95. The van der Waals surface area contributed by atoms with Crippen LogP contribution in [0.15, 0.2) is 23.0 Å². The molecule has 5 heteroatoms. The van der Waals surface area contributed by atoms with Gasteiger partial charge in [-0.25, -0.2) is 0 Å². The highest BCUT2D eigenvalue weighted by Gasteiger charge is 2.25. The summed E-state index contributed by atoms with van der Waals surface area (Å²) in [7, 11) is 1.59. The molecule has 0 aliphatic heterocycles. The molecule has 1 heterocycles. The Bertz CT molecular complexity index is 524. The number of aromatic nitrogens is 1. The summed E-state index contributed by atoms with van der Waals surface area (Å²) in [6, 6.07) is 4.65. The zero-order valence-electron chi connectivity index (χ0n) is 11.8. The Hall–Kier alpha value is -1.62. The molecule has 1 amide bonds. The normalized spacial score (nSPS) is 23.1. The van der Waals surface area contributed by atoms with Crippen LogP contribution in [0.1, 0.15) is 42.6 Å². The van der Waals surface area contributed by atoms with Crippen LogP contribution < -0.4 is 10.9 Å². The first kappa shape index (κ1) is 14.8. The summed E-state index contributed by atoms with van der Waals surface area (Å²) >= 11 is 0. The zero-order chi connectivity index (χ0) is 14.5. The topological polar surface area (TPSA) is 71.3 Å². The second-order valence-corrected chi connectivity index (χ2v) is 5.47. The molecule has 1 saturated carbocycles. The van der Waals surface area contributed by atoms with E-state index >= 15 is 0 Å². The van der Waals surface area contributed by atoms with Gasteiger partial charge in [0.1, 0.15) is 5.69 Å². The van der Waals surface area contributed by atoms with Crippen LogP contribution in [0.25, 0.3) is 0 Å². The molecule has 1 aliphatic carbocycles. The Morgan fingerprint density at radius 2 is 2.10 bits per heavy atom. The standard InChI is InChI=1S/C15H22N2O3/c1-17-13(8-5-9-14(17)19)15(20)16-12-7-4-2-3-6-11(12)10-18/h5,8-9,11-12,18H,2-4,6-7,10H2,1H3,(H,16,20). The number of carbonyl (C=O) groups excluding carboxylic acids is 1. The summed E-state index contributed by atoms with van der Waals surface area (Å²) in [6.07, 6.45) is 5.14. The van der Waals surface area contributed by atoms with Crippen molar-refractivity contribution in [2.75, 3.05) is 6.61 Å². The number of pyridine rings is 1. The SMILES string of the molecule is Cn1c(C(=O)NC2CCCCCC2CO)cccc1=O. The first-order chi connectivity index (χ1) is 9.63. The van der Waals surface area contributed by atoms with Crippen molar-refractivity contribution in [3.8, 4) is 0 Å².